The second kappa shape index (κ2) is 8.98. The van der Waals surface area contributed by atoms with E-state index in [1.807, 2.05) is 36.4 Å². The minimum Gasteiger partial charge on any atom is -0.478 e. The molecule has 168 valence electrons. The SMILES string of the molecule is O=C(NC1CCN(c2ccccc2C(=O)O)CC1)OCC1c2ccccc2-c2ccccc21. The second-order valence-corrected chi connectivity index (χ2v) is 8.55. The fraction of sp³-hybridized carbons (Fsp3) is 0.259. The van der Waals surface area contributed by atoms with Gasteiger partial charge in [-0.1, -0.05) is 60.7 Å². The Morgan fingerprint density at radius 2 is 1.45 bits per heavy atom. The molecule has 1 aliphatic heterocycles. The van der Waals surface area contributed by atoms with Crippen molar-refractivity contribution in [3.8, 4) is 11.1 Å². The molecule has 0 bridgehead atoms. The van der Waals surface area contributed by atoms with Crippen LogP contribution in [0.15, 0.2) is 72.8 Å². The van der Waals surface area contributed by atoms with Crippen LogP contribution in [0.5, 0.6) is 0 Å². The molecule has 2 aliphatic rings. The molecule has 3 aromatic rings. The molecule has 2 N–H and O–H groups in total. The number of nitrogens with zero attached hydrogens (tertiary/aromatic N) is 1. The predicted octanol–water partition coefficient (Wildman–Crippen LogP) is 4.89. The van der Waals surface area contributed by atoms with Gasteiger partial charge in [0.2, 0.25) is 0 Å². The fourth-order valence-electron chi connectivity index (χ4n) is 5.00. The monoisotopic (exact) mass is 442 g/mol. The highest BCUT2D eigenvalue weighted by Crippen LogP contribution is 2.44. The quantitative estimate of drug-likeness (QED) is 0.588. The fourth-order valence-corrected chi connectivity index (χ4v) is 5.00. The lowest BCUT2D eigenvalue weighted by Crippen LogP contribution is -2.45. The number of aromatic carboxylic acids is 1. The number of rotatable bonds is 5. The summed E-state index contributed by atoms with van der Waals surface area (Å²) >= 11 is 0. The molecule has 1 fully saturated rings. The number of amides is 1. The average molecular weight is 443 g/mol. The first-order valence-electron chi connectivity index (χ1n) is 11.3. The van der Waals surface area contributed by atoms with Crippen molar-refractivity contribution >= 4 is 17.7 Å². The zero-order valence-corrected chi connectivity index (χ0v) is 18.2. The molecule has 6 nitrogen and oxygen atoms in total. The molecule has 0 unspecified atom stereocenters. The van der Waals surface area contributed by atoms with Crippen molar-refractivity contribution < 1.29 is 19.4 Å². The van der Waals surface area contributed by atoms with E-state index in [2.05, 4.69) is 34.5 Å². The van der Waals surface area contributed by atoms with Gasteiger partial charge in [-0.05, 0) is 47.2 Å². The van der Waals surface area contributed by atoms with Crippen LogP contribution >= 0.6 is 0 Å². The first kappa shape index (κ1) is 21.1. The normalized spacial score (nSPS) is 15.6. The number of carboxylic acids is 1. The minimum absolute atomic E-state index is 0.00823. The van der Waals surface area contributed by atoms with Gasteiger partial charge in [-0.15, -0.1) is 0 Å². The Hall–Kier alpha value is -3.80. The molecule has 33 heavy (non-hydrogen) atoms. The molecule has 6 heteroatoms. The lowest BCUT2D eigenvalue weighted by atomic mass is 9.98. The first-order valence-corrected chi connectivity index (χ1v) is 11.3. The molecule has 1 aliphatic carbocycles. The summed E-state index contributed by atoms with van der Waals surface area (Å²) in [5.41, 5.74) is 5.83. The lowest BCUT2D eigenvalue weighted by molar-refractivity contribution is 0.0697. The van der Waals surface area contributed by atoms with Gasteiger partial charge in [0.05, 0.1) is 11.3 Å². The van der Waals surface area contributed by atoms with Gasteiger partial charge in [0, 0.05) is 25.0 Å². The minimum atomic E-state index is -0.926. The van der Waals surface area contributed by atoms with Crippen LogP contribution in [0.1, 0.15) is 40.2 Å². The Balaban J connectivity index is 1.17. The molecule has 0 radical (unpaired) electrons. The van der Waals surface area contributed by atoms with Gasteiger partial charge in [-0.25, -0.2) is 9.59 Å². The van der Waals surface area contributed by atoms with Crippen molar-refractivity contribution in [3.05, 3.63) is 89.5 Å². The Morgan fingerprint density at radius 3 is 2.09 bits per heavy atom. The van der Waals surface area contributed by atoms with E-state index in [4.69, 9.17) is 4.74 Å². The van der Waals surface area contributed by atoms with E-state index in [-0.39, 0.29) is 12.0 Å². The summed E-state index contributed by atoms with van der Waals surface area (Å²) in [7, 11) is 0. The largest absolute Gasteiger partial charge is 0.478 e. The van der Waals surface area contributed by atoms with E-state index >= 15 is 0 Å². The maximum Gasteiger partial charge on any atom is 0.407 e. The molecule has 1 amide bonds. The summed E-state index contributed by atoms with van der Waals surface area (Å²) in [5, 5.41) is 12.4. The highest BCUT2D eigenvalue weighted by molar-refractivity contribution is 5.94. The van der Waals surface area contributed by atoms with Crippen LogP contribution in [0.25, 0.3) is 11.1 Å². The zero-order chi connectivity index (χ0) is 22.8. The summed E-state index contributed by atoms with van der Waals surface area (Å²) in [6, 6.07) is 23.6. The molecule has 1 saturated heterocycles. The third kappa shape index (κ3) is 4.16. The zero-order valence-electron chi connectivity index (χ0n) is 18.2. The molecule has 0 atom stereocenters. The maximum absolute atomic E-state index is 12.6. The van der Waals surface area contributed by atoms with E-state index in [0.29, 0.717) is 25.3 Å². The van der Waals surface area contributed by atoms with E-state index in [1.54, 1.807) is 12.1 Å². The third-order valence-corrected chi connectivity index (χ3v) is 6.64. The van der Waals surface area contributed by atoms with Crippen molar-refractivity contribution in [1.29, 1.82) is 0 Å². The number of alkyl carbamates (subject to hydrolysis) is 1. The highest BCUT2D eigenvalue weighted by Gasteiger charge is 2.30. The number of piperidine rings is 1. The maximum atomic E-state index is 12.6. The van der Waals surface area contributed by atoms with Crippen molar-refractivity contribution in [3.63, 3.8) is 0 Å². The van der Waals surface area contributed by atoms with Gasteiger partial charge in [0.25, 0.3) is 0 Å². The van der Waals surface area contributed by atoms with Gasteiger partial charge >= 0.3 is 12.1 Å². The predicted molar refractivity (Wildman–Crippen MR) is 127 cm³/mol. The number of carbonyl (C=O) groups is 2. The summed E-state index contributed by atoms with van der Waals surface area (Å²) in [6.07, 6.45) is 1.07. The number of nitrogens with one attached hydrogen (secondary N) is 1. The molecule has 3 aromatic carbocycles. The van der Waals surface area contributed by atoms with Crippen LogP contribution in [0.3, 0.4) is 0 Å². The Bertz CT molecular complexity index is 1140. The van der Waals surface area contributed by atoms with E-state index < -0.39 is 12.1 Å². The summed E-state index contributed by atoms with van der Waals surface area (Å²) < 4.78 is 5.66. The van der Waals surface area contributed by atoms with Gasteiger partial charge < -0.3 is 20.1 Å². The molecular weight excluding hydrogens is 416 g/mol. The number of fused-ring (bicyclic) bond motifs is 3. The van der Waals surface area contributed by atoms with Crippen LogP contribution in [-0.4, -0.2) is 42.9 Å². The van der Waals surface area contributed by atoms with Crippen molar-refractivity contribution in [2.75, 3.05) is 24.6 Å². The van der Waals surface area contributed by atoms with Crippen molar-refractivity contribution in [2.24, 2.45) is 0 Å². The van der Waals surface area contributed by atoms with E-state index in [9.17, 15) is 14.7 Å². The van der Waals surface area contributed by atoms with Gasteiger partial charge in [0.1, 0.15) is 6.61 Å². The number of anilines is 1. The third-order valence-electron chi connectivity index (χ3n) is 6.64. The number of hydrogen-bond acceptors (Lipinski definition) is 4. The number of para-hydroxylation sites is 1. The van der Waals surface area contributed by atoms with Crippen LogP contribution in [-0.2, 0) is 4.74 Å². The van der Waals surface area contributed by atoms with Gasteiger partial charge in [-0.3, -0.25) is 0 Å². The number of benzene rings is 3. The standard InChI is InChI=1S/C27H26N2O4/c30-26(31)23-11-5-6-12-25(23)29-15-13-18(14-16-29)28-27(32)33-17-24-21-9-3-1-7-19(21)20-8-2-4-10-22(20)24/h1-12,18,24H,13-17H2,(H,28,32)(H,30,31). The first-order chi connectivity index (χ1) is 16.1. The van der Waals surface area contributed by atoms with Crippen LogP contribution in [0.4, 0.5) is 10.5 Å². The van der Waals surface area contributed by atoms with Crippen LogP contribution < -0.4 is 10.2 Å². The van der Waals surface area contributed by atoms with Gasteiger partial charge in [-0.2, -0.15) is 0 Å². The molecule has 0 aromatic heterocycles. The van der Waals surface area contributed by atoms with E-state index in [0.717, 1.165) is 18.5 Å². The molecule has 1 heterocycles. The highest BCUT2D eigenvalue weighted by atomic mass is 16.5. The smallest absolute Gasteiger partial charge is 0.407 e. The lowest BCUT2D eigenvalue weighted by Gasteiger charge is -2.34. The molecular formula is C27H26N2O4. The number of ether oxygens (including phenoxy) is 1. The Morgan fingerprint density at radius 1 is 0.879 bits per heavy atom. The summed E-state index contributed by atoms with van der Waals surface area (Å²) in [5.74, 6) is -0.887. The van der Waals surface area contributed by atoms with Gasteiger partial charge in [0.15, 0.2) is 0 Å². The van der Waals surface area contributed by atoms with Crippen LogP contribution in [0.2, 0.25) is 0 Å². The second-order valence-electron chi connectivity index (χ2n) is 8.55. The average Bonchev–Trinajstić information content (AvgIpc) is 3.17. The molecule has 0 saturated carbocycles. The number of hydrogen-bond donors (Lipinski definition) is 2. The van der Waals surface area contributed by atoms with E-state index in [1.165, 1.54) is 22.3 Å². The van der Waals surface area contributed by atoms with Crippen LogP contribution in [0, 0.1) is 0 Å². The Labute approximate surface area is 192 Å². The molecule has 0 spiro atoms. The van der Waals surface area contributed by atoms with Crippen molar-refractivity contribution in [1.82, 2.24) is 5.32 Å². The van der Waals surface area contributed by atoms with Crippen molar-refractivity contribution in [2.45, 2.75) is 24.8 Å². The number of carboxylic acid groups (broad SMARTS) is 1. The summed E-state index contributed by atoms with van der Waals surface area (Å²) in [6.45, 7) is 1.65. The topological polar surface area (TPSA) is 78.9 Å². The Kier molecular flexibility index (Phi) is 5.73. The number of carbonyl (C=O) groups excluding carboxylic acids is 1. The molecule has 5 rings (SSSR count). The summed E-state index contributed by atoms with van der Waals surface area (Å²) in [4.78, 5) is 26.1.